The molecule has 0 radical (unpaired) electrons. The zero-order valence-electron chi connectivity index (χ0n) is 18.2. The average molecular weight is 456 g/mol. The van der Waals surface area contributed by atoms with E-state index < -0.39 is 35.1 Å². The summed E-state index contributed by atoms with van der Waals surface area (Å²) in [6.07, 6.45) is -5.12. The highest BCUT2D eigenvalue weighted by molar-refractivity contribution is 5.95. The maximum Gasteiger partial charge on any atom is 0.452 e. The molecule has 1 aliphatic heterocycles. The van der Waals surface area contributed by atoms with Gasteiger partial charge in [0, 0.05) is 26.2 Å². The Bertz CT molecular complexity index is 1050. The fraction of sp³-hybridized carbons (Fsp3) is 0.571. The lowest BCUT2D eigenvalue weighted by atomic mass is 9.84. The minimum atomic E-state index is -5.12. The predicted octanol–water partition coefficient (Wildman–Crippen LogP) is 2.24. The molecule has 1 saturated heterocycles. The number of ether oxygens (including phenoxy) is 1. The first-order valence-corrected chi connectivity index (χ1v) is 10.3. The molecule has 8 nitrogen and oxygen atoms in total. The monoisotopic (exact) mass is 456 g/mol. The number of amides is 1. The highest BCUT2D eigenvalue weighted by atomic mass is 19.4. The quantitative estimate of drug-likeness (QED) is 0.746. The number of Topliss-reactive ketones (excluding diaryl/α,β-unsaturated/α-hetero) is 1. The summed E-state index contributed by atoms with van der Waals surface area (Å²) in [6.45, 7) is 7.73. The molecule has 0 saturated carbocycles. The average Bonchev–Trinajstić information content (AvgIpc) is 3.00. The number of nitrogens with one attached hydrogen (secondary N) is 1. The number of halogens is 3. The summed E-state index contributed by atoms with van der Waals surface area (Å²) in [6, 6.07) is 3.62. The van der Waals surface area contributed by atoms with E-state index in [9.17, 15) is 27.6 Å². The Labute approximate surface area is 182 Å². The second-order valence-electron chi connectivity index (χ2n) is 8.82. The van der Waals surface area contributed by atoms with Crippen LogP contribution in [0.4, 0.5) is 18.0 Å². The molecule has 0 bridgehead atoms. The number of ketones is 1. The third-order valence-corrected chi connectivity index (χ3v) is 5.46. The zero-order valence-corrected chi connectivity index (χ0v) is 18.2. The van der Waals surface area contributed by atoms with Crippen molar-refractivity contribution in [3.63, 3.8) is 0 Å². The Kier molecular flexibility index (Phi) is 6.80. The molecule has 1 atom stereocenters. The van der Waals surface area contributed by atoms with E-state index in [1.54, 1.807) is 24.3 Å². The van der Waals surface area contributed by atoms with Crippen LogP contribution in [0.5, 0.6) is 0 Å². The number of carbonyl (C=O) groups is 2. The summed E-state index contributed by atoms with van der Waals surface area (Å²) < 4.78 is 46.8. The lowest BCUT2D eigenvalue weighted by Crippen LogP contribution is -2.55. The number of para-hydroxylation sites is 2. The Morgan fingerprint density at radius 2 is 1.66 bits per heavy atom. The Morgan fingerprint density at radius 3 is 2.22 bits per heavy atom. The van der Waals surface area contributed by atoms with Crippen molar-refractivity contribution in [1.29, 1.82) is 0 Å². The van der Waals surface area contributed by atoms with Crippen molar-refractivity contribution in [2.45, 2.75) is 39.5 Å². The van der Waals surface area contributed by atoms with E-state index in [1.807, 2.05) is 0 Å². The summed E-state index contributed by atoms with van der Waals surface area (Å²) in [5.74, 6) is -2.07. The molecule has 1 N–H and O–H groups in total. The van der Waals surface area contributed by atoms with Crippen LogP contribution in [0.25, 0.3) is 11.0 Å². The van der Waals surface area contributed by atoms with E-state index in [0.29, 0.717) is 31.8 Å². The normalized spacial score (nSPS) is 16.8. The minimum absolute atomic E-state index is 0.254. The van der Waals surface area contributed by atoms with Gasteiger partial charge in [-0.25, -0.2) is 14.2 Å². The smallest absolute Gasteiger partial charge is 0.379 e. The number of fused-ring (bicyclic) bond motifs is 1. The van der Waals surface area contributed by atoms with Crippen molar-refractivity contribution in [1.82, 2.24) is 19.4 Å². The topological polar surface area (TPSA) is 85.6 Å². The highest BCUT2D eigenvalue weighted by Crippen LogP contribution is 2.28. The number of benzene rings is 1. The van der Waals surface area contributed by atoms with Crippen molar-refractivity contribution in [3.8, 4) is 0 Å². The van der Waals surface area contributed by atoms with Crippen LogP contribution < -0.4 is 11.0 Å². The molecule has 1 aromatic heterocycles. The van der Waals surface area contributed by atoms with Crippen LogP contribution in [0.2, 0.25) is 0 Å². The molecule has 2 aromatic rings. The van der Waals surface area contributed by atoms with Crippen LogP contribution in [0, 0.1) is 5.41 Å². The first kappa shape index (κ1) is 24.0. The fourth-order valence-corrected chi connectivity index (χ4v) is 3.71. The SMILES string of the molecule is CC(C)(C)[C@H](NC(=O)n1c(=O)n(CCN2CCOCC2)c2ccccc21)C(=O)C(F)(F)F. The first-order chi connectivity index (χ1) is 14.9. The molecule has 11 heteroatoms. The molecular formula is C21H27F3N4O4. The molecule has 1 fully saturated rings. The van der Waals surface area contributed by atoms with Gasteiger partial charge < -0.3 is 10.1 Å². The lowest BCUT2D eigenvalue weighted by molar-refractivity contribution is -0.175. The summed E-state index contributed by atoms with van der Waals surface area (Å²) in [7, 11) is 0. The van der Waals surface area contributed by atoms with Gasteiger partial charge in [0.15, 0.2) is 0 Å². The van der Waals surface area contributed by atoms with E-state index >= 15 is 0 Å². The number of aromatic nitrogens is 2. The number of morpholine rings is 1. The second kappa shape index (κ2) is 9.07. The Morgan fingerprint density at radius 1 is 1.06 bits per heavy atom. The molecule has 176 valence electrons. The van der Waals surface area contributed by atoms with Gasteiger partial charge in [0.25, 0.3) is 5.78 Å². The molecule has 0 unspecified atom stereocenters. The minimum Gasteiger partial charge on any atom is -0.379 e. The standard InChI is InChI=1S/C21H27F3N4O4/c1-20(2,3)16(17(29)21(22,23)24)25-18(30)28-15-7-5-4-6-14(15)27(19(28)31)9-8-26-10-12-32-13-11-26/h4-7,16H,8-13H2,1-3H3,(H,25,30)/t16-/m1/s1. The predicted molar refractivity (Wildman–Crippen MR) is 112 cm³/mol. The fourth-order valence-electron chi connectivity index (χ4n) is 3.71. The summed E-state index contributed by atoms with van der Waals surface area (Å²) >= 11 is 0. The van der Waals surface area contributed by atoms with Gasteiger partial charge in [0.1, 0.15) is 6.04 Å². The Balaban J connectivity index is 1.93. The van der Waals surface area contributed by atoms with Crippen LogP contribution in [-0.4, -0.2) is 70.9 Å². The molecule has 32 heavy (non-hydrogen) atoms. The van der Waals surface area contributed by atoms with Crippen LogP contribution in [0.3, 0.4) is 0 Å². The maximum absolute atomic E-state index is 13.1. The summed E-state index contributed by atoms with van der Waals surface area (Å²) in [5.41, 5.74) is -1.16. The van der Waals surface area contributed by atoms with E-state index in [4.69, 9.17) is 4.74 Å². The van der Waals surface area contributed by atoms with E-state index in [1.165, 1.54) is 25.3 Å². The number of nitrogens with zero attached hydrogens (tertiary/aromatic N) is 3. The van der Waals surface area contributed by atoms with Gasteiger partial charge in [-0.3, -0.25) is 14.3 Å². The molecule has 0 aliphatic carbocycles. The van der Waals surface area contributed by atoms with E-state index in [0.717, 1.165) is 17.7 Å². The van der Waals surface area contributed by atoms with Crippen molar-refractivity contribution in [2.24, 2.45) is 5.41 Å². The number of hydrogen-bond donors (Lipinski definition) is 1. The lowest BCUT2D eigenvalue weighted by Gasteiger charge is -2.30. The van der Waals surface area contributed by atoms with Gasteiger partial charge in [0.2, 0.25) is 0 Å². The first-order valence-electron chi connectivity index (χ1n) is 10.3. The van der Waals surface area contributed by atoms with Gasteiger partial charge in [-0.15, -0.1) is 0 Å². The molecule has 3 rings (SSSR count). The molecule has 1 aromatic carbocycles. The summed E-state index contributed by atoms with van der Waals surface area (Å²) in [5, 5.41) is 2.15. The van der Waals surface area contributed by atoms with Gasteiger partial charge in [0.05, 0.1) is 24.2 Å². The summed E-state index contributed by atoms with van der Waals surface area (Å²) in [4.78, 5) is 40.2. The van der Waals surface area contributed by atoms with Gasteiger partial charge in [-0.05, 0) is 17.5 Å². The van der Waals surface area contributed by atoms with Crippen molar-refractivity contribution in [2.75, 3.05) is 32.8 Å². The molecule has 1 aliphatic rings. The molecule has 0 spiro atoms. The molecular weight excluding hydrogens is 429 g/mol. The van der Waals surface area contributed by atoms with E-state index in [2.05, 4.69) is 10.2 Å². The number of hydrogen-bond acceptors (Lipinski definition) is 5. The number of imidazole rings is 1. The number of carbonyl (C=O) groups excluding carboxylic acids is 2. The van der Waals surface area contributed by atoms with Gasteiger partial charge >= 0.3 is 17.9 Å². The van der Waals surface area contributed by atoms with Crippen LogP contribution in [-0.2, 0) is 16.1 Å². The van der Waals surface area contributed by atoms with Crippen LogP contribution >= 0.6 is 0 Å². The highest BCUT2D eigenvalue weighted by Gasteiger charge is 2.48. The largest absolute Gasteiger partial charge is 0.452 e. The maximum atomic E-state index is 13.1. The zero-order chi connectivity index (χ0) is 23.7. The molecule has 1 amide bonds. The number of alkyl halides is 3. The van der Waals surface area contributed by atoms with Gasteiger partial charge in [-0.1, -0.05) is 32.9 Å². The van der Waals surface area contributed by atoms with Crippen molar-refractivity contribution < 1.29 is 27.5 Å². The number of rotatable bonds is 5. The van der Waals surface area contributed by atoms with Crippen molar-refractivity contribution >= 4 is 22.8 Å². The third kappa shape index (κ3) is 5.04. The van der Waals surface area contributed by atoms with Gasteiger partial charge in [-0.2, -0.15) is 13.2 Å². The second-order valence-corrected chi connectivity index (χ2v) is 8.82. The van der Waals surface area contributed by atoms with Crippen molar-refractivity contribution in [3.05, 3.63) is 34.7 Å². The van der Waals surface area contributed by atoms with Crippen LogP contribution in [0.1, 0.15) is 20.8 Å². The third-order valence-electron chi connectivity index (χ3n) is 5.46. The van der Waals surface area contributed by atoms with Crippen LogP contribution in [0.15, 0.2) is 29.1 Å². The Hall–Kier alpha value is -2.66. The molecule has 2 heterocycles. The van der Waals surface area contributed by atoms with E-state index in [-0.39, 0.29) is 5.52 Å².